The summed E-state index contributed by atoms with van der Waals surface area (Å²) in [4.78, 5) is 24.3. The van der Waals surface area contributed by atoms with Gasteiger partial charge in [0.05, 0.1) is 0 Å². The van der Waals surface area contributed by atoms with Crippen LogP contribution in [-0.4, -0.2) is 23.1 Å². The van der Waals surface area contributed by atoms with Crippen molar-refractivity contribution >= 4 is 11.9 Å². The van der Waals surface area contributed by atoms with Crippen LogP contribution >= 0.6 is 0 Å². The Morgan fingerprint density at radius 3 is 2.82 bits per heavy atom. The smallest absolute Gasteiger partial charge is 0.328 e. The van der Waals surface area contributed by atoms with E-state index in [0.29, 0.717) is 0 Å². The van der Waals surface area contributed by atoms with Gasteiger partial charge in [0.1, 0.15) is 12.2 Å². The first-order valence-electron chi connectivity index (χ1n) is 2.68. The zero-order valence-electron chi connectivity index (χ0n) is 5.61. The van der Waals surface area contributed by atoms with Gasteiger partial charge in [-0.25, -0.2) is 4.79 Å². The second-order valence-corrected chi connectivity index (χ2v) is 1.50. The molecule has 0 spiro atoms. The summed E-state index contributed by atoms with van der Waals surface area (Å²) in [5.74, 6) is 0.0987. The van der Waals surface area contributed by atoms with Gasteiger partial charge in [0, 0.05) is 6.08 Å². The van der Waals surface area contributed by atoms with Gasteiger partial charge in [-0.3, -0.25) is 4.79 Å². The number of hydrogen-bond donors (Lipinski definition) is 2. The van der Waals surface area contributed by atoms with Crippen LogP contribution in [0.4, 0.5) is 0 Å². The molecule has 0 aromatic carbocycles. The molecule has 60 valence electrons. The van der Waals surface area contributed by atoms with E-state index in [-0.39, 0.29) is 0 Å². The molecule has 2 N–H and O–H groups in total. The second-order valence-electron chi connectivity index (χ2n) is 1.50. The minimum atomic E-state index is -1.23. The Bertz CT molecular complexity index is 193. The van der Waals surface area contributed by atoms with Gasteiger partial charge in [-0.2, -0.15) is 0 Å². The number of carbonyl (C=O) groups is 1. The predicted molar refractivity (Wildman–Crippen MR) is 36.1 cm³/mol. The van der Waals surface area contributed by atoms with Crippen molar-refractivity contribution in [3.05, 3.63) is 18.9 Å². The third kappa shape index (κ3) is 3.91. The van der Waals surface area contributed by atoms with Gasteiger partial charge in [-0.05, 0) is 0 Å². The van der Waals surface area contributed by atoms with Crippen LogP contribution in [0.15, 0.2) is 18.9 Å². The highest BCUT2D eigenvalue weighted by molar-refractivity contribution is 5.78. The van der Waals surface area contributed by atoms with Crippen LogP contribution in [0, 0.1) is 0 Å². The molecular formula is C6H7NO4. The quantitative estimate of drug-likeness (QED) is 0.319. The Hall–Kier alpha value is -1.58. The van der Waals surface area contributed by atoms with E-state index in [2.05, 4.69) is 11.4 Å². The highest BCUT2D eigenvalue weighted by Gasteiger charge is 2.13. The molecule has 0 radical (unpaired) electrons. The number of nitrogens with one attached hydrogen (secondary N) is 1. The van der Waals surface area contributed by atoms with Crippen molar-refractivity contribution in [3.63, 3.8) is 0 Å². The zero-order valence-corrected chi connectivity index (χ0v) is 5.61. The van der Waals surface area contributed by atoms with Crippen LogP contribution in [0.2, 0.25) is 0 Å². The Morgan fingerprint density at radius 1 is 1.82 bits per heavy atom. The first-order chi connectivity index (χ1) is 5.22. The summed E-state index contributed by atoms with van der Waals surface area (Å²) < 4.78 is 0. The molecule has 11 heavy (non-hydrogen) atoms. The van der Waals surface area contributed by atoms with Crippen molar-refractivity contribution in [2.45, 2.75) is 6.04 Å². The molecular weight excluding hydrogens is 150 g/mol. The number of rotatable bonds is 5. The molecule has 0 saturated carbocycles. The van der Waals surface area contributed by atoms with Crippen LogP contribution in [0.5, 0.6) is 0 Å². The minimum Gasteiger partial charge on any atom is -0.480 e. The number of aliphatic carboxylic acids is 1. The largest absolute Gasteiger partial charge is 0.480 e. The molecule has 0 aliphatic carbocycles. The Labute approximate surface area is 62.9 Å². The van der Waals surface area contributed by atoms with E-state index in [1.165, 1.54) is 5.94 Å². The third-order valence-electron chi connectivity index (χ3n) is 0.779. The number of hydrogen-bond acceptors (Lipinski definition) is 4. The summed E-state index contributed by atoms with van der Waals surface area (Å²) in [6.07, 6.45) is 1.79. The van der Waals surface area contributed by atoms with Gasteiger partial charge in [0.15, 0.2) is 6.04 Å². The number of hydroxylamine groups is 1. The molecule has 1 atom stereocenters. The van der Waals surface area contributed by atoms with Gasteiger partial charge in [-0.15, -0.1) is 5.48 Å². The topological polar surface area (TPSA) is 75.6 Å². The maximum Gasteiger partial charge on any atom is 0.328 e. The average molecular weight is 157 g/mol. The SMILES string of the molecule is C=CONC(C=C=O)C(=O)O. The van der Waals surface area contributed by atoms with Crippen molar-refractivity contribution in [2.75, 3.05) is 0 Å². The summed E-state index contributed by atoms with van der Waals surface area (Å²) in [7, 11) is 0. The number of carboxylic acid groups (broad SMARTS) is 1. The van der Waals surface area contributed by atoms with Gasteiger partial charge in [0.25, 0.3) is 0 Å². The molecule has 0 amide bonds. The Balaban J connectivity index is 3.99. The standard InChI is InChI=1S/C6H7NO4/c1-2-11-7-5(3-4-8)6(9)10/h2-3,5,7H,1H2,(H,9,10). The Morgan fingerprint density at radius 2 is 2.45 bits per heavy atom. The molecule has 5 heteroatoms. The van der Waals surface area contributed by atoms with Crippen molar-refractivity contribution in [2.24, 2.45) is 0 Å². The van der Waals surface area contributed by atoms with Gasteiger partial charge < -0.3 is 9.94 Å². The fraction of sp³-hybridized carbons (Fsp3) is 0.167. The summed E-state index contributed by atoms with van der Waals surface area (Å²) >= 11 is 0. The van der Waals surface area contributed by atoms with E-state index in [0.717, 1.165) is 12.3 Å². The molecule has 0 rings (SSSR count). The zero-order chi connectivity index (χ0) is 8.69. The van der Waals surface area contributed by atoms with Crippen LogP contribution in [-0.2, 0) is 14.4 Å². The first kappa shape index (κ1) is 9.42. The number of carbonyl (C=O) groups excluding carboxylic acids is 1. The lowest BCUT2D eigenvalue weighted by atomic mass is 10.3. The van der Waals surface area contributed by atoms with Crippen LogP contribution in [0.25, 0.3) is 0 Å². The summed E-state index contributed by atoms with van der Waals surface area (Å²) in [5.41, 5.74) is 2.03. The molecule has 0 aromatic rings. The molecule has 1 unspecified atom stereocenters. The molecule has 0 aromatic heterocycles. The maximum atomic E-state index is 10.2. The average Bonchev–Trinajstić information content (AvgIpc) is 1.97. The van der Waals surface area contributed by atoms with Crippen LogP contribution < -0.4 is 5.48 Å². The van der Waals surface area contributed by atoms with Gasteiger partial charge in [-0.1, -0.05) is 6.58 Å². The maximum absolute atomic E-state index is 10.2. The first-order valence-corrected chi connectivity index (χ1v) is 2.68. The lowest BCUT2D eigenvalue weighted by Crippen LogP contribution is -2.33. The van der Waals surface area contributed by atoms with E-state index in [1.54, 1.807) is 0 Å². The van der Waals surface area contributed by atoms with Crippen LogP contribution in [0.3, 0.4) is 0 Å². The monoisotopic (exact) mass is 157 g/mol. The second kappa shape index (κ2) is 5.22. The fourth-order valence-electron chi connectivity index (χ4n) is 0.345. The normalized spacial score (nSPS) is 10.9. The lowest BCUT2D eigenvalue weighted by Gasteiger charge is -2.05. The fourth-order valence-corrected chi connectivity index (χ4v) is 0.345. The van der Waals surface area contributed by atoms with Gasteiger partial charge >= 0.3 is 5.97 Å². The summed E-state index contributed by atoms with van der Waals surface area (Å²) in [6.45, 7) is 3.16. The van der Waals surface area contributed by atoms with E-state index < -0.39 is 12.0 Å². The van der Waals surface area contributed by atoms with Crippen molar-refractivity contribution in [1.29, 1.82) is 0 Å². The molecule has 0 heterocycles. The summed E-state index contributed by atoms with van der Waals surface area (Å²) in [6, 6.07) is -1.19. The molecule has 5 nitrogen and oxygen atoms in total. The molecule has 0 bridgehead atoms. The lowest BCUT2D eigenvalue weighted by molar-refractivity contribution is -0.140. The van der Waals surface area contributed by atoms with Crippen LogP contribution in [0.1, 0.15) is 0 Å². The Kier molecular flexibility index (Phi) is 4.47. The van der Waals surface area contributed by atoms with Crippen molar-refractivity contribution in [1.82, 2.24) is 5.48 Å². The molecule has 0 saturated heterocycles. The van der Waals surface area contributed by atoms with Gasteiger partial charge in [0.2, 0.25) is 0 Å². The molecule has 0 aliphatic heterocycles. The molecule has 0 aliphatic rings. The highest BCUT2D eigenvalue weighted by atomic mass is 16.6. The van der Waals surface area contributed by atoms with E-state index in [9.17, 15) is 9.59 Å². The van der Waals surface area contributed by atoms with Crippen molar-refractivity contribution < 1.29 is 19.5 Å². The number of carboxylic acids is 1. The third-order valence-corrected chi connectivity index (χ3v) is 0.779. The van der Waals surface area contributed by atoms with Crippen molar-refractivity contribution in [3.8, 4) is 0 Å². The highest BCUT2D eigenvalue weighted by Crippen LogP contribution is 1.83. The van der Waals surface area contributed by atoms with E-state index >= 15 is 0 Å². The minimum absolute atomic E-state index is 0.784. The molecule has 0 fully saturated rings. The van der Waals surface area contributed by atoms with E-state index in [1.807, 2.05) is 5.48 Å². The summed E-state index contributed by atoms with van der Waals surface area (Å²) in [5, 5.41) is 8.34. The van der Waals surface area contributed by atoms with E-state index in [4.69, 9.17) is 5.11 Å². The predicted octanol–water partition coefficient (Wildman–Crippen LogP) is -0.508.